The molecular formula is C25H29N3O3. The van der Waals surface area contributed by atoms with Crippen molar-refractivity contribution in [3.05, 3.63) is 70.3 Å². The van der Waals surface area contributed by atoms with Gasteiger partial charge in [0.05, 0.1) is 7.11 Å². The molecule has 0 aliphatic heterocycles. The number of methoxy groups -OCH3 is 1. The third kappa shape index (κ3) is 4.97. The van der Waals surface area contributed by atoms with Crippen LogP contribution in [-0.2, 0) is 13.0 Å². The number of aromatic nitrogens is 2. The monoisotopic (exact) mass is 419 g/mol. The number of fused-ring (bicyclic) bond motifs is 3. The van der Waals surface area contributed by atoms with E-state index in [1.165, 1.54) is 18.4 Å². The van der Waals surface area contributed by atoms with Gasteiger partial charge in [-0.3, -0.25) is 4.90 Å². The largest absolute Gasteiger partial charge is 0.497 e. The maximum absolute atomic E-state index is 12.3. The number of aromatic amines is 1. The third-order valence-corrected chi connectivity index (χ3v) is 5.58. The molecule has 4 rings (SSSR count). The normalized spacial score (nSPS) is 11.6. The molecule has 0 atom stereocenters. The molecule has 0 bridgehead atoms. The maximum atomic E-state index is 12.3. The highest BCUT2D eigenvalue weighted by Crippen LogP contribution is 2.21. The van der Waals surface area contributed by atoms with Crippen LogP contribution < -0.4 is 10.4 Å². The first-order chi connectivity index (χ1) is 15.2. The second-order valence-electron chi connectivity index (χ2n) is 7.87. The van der Waals surface area contributed by atoms with Gasteiger partial charge in [0.15, 0.2) is 5.52 Å². The van der Waals surface area contributed by atoms with Gasteiger partial charge in [0, 0.05) is 18.4 Å². The van der Waals surface area contributed by atoms with Gasteiger partial charge in [0.2, 0.25) is 0 Å². The number of imidazole rings is 1. The lowest BCUT2D eigenvalue weighted by molar-refractivity contribution is 0.257. The Hall–Kier alpha value is -3.12. The number of rotatable bonds is 10. The first kappa shape index (κ1) is 21.1. The fourth-order valence-electron chi connectivity index (χ4n) is 3.90. The number of ether oxygens (including phenoxy) is 1. The highest BCUT2D eigenvalue weighted by molar-refractivity contribution is 6.00. The van der Waals surface area contributed by atoms with E-state index in [0.29, 0.717) is 16.6 Å². The Morgan fingerprint density at radius 3 is 2.61 bits per heavy atom. The van der Waals surface area contributed by atoms with Crippen molar-refractivity contribution < 1.29 is 9.15 Å². The molecule has 1 N–H and O–H groups in total. The van der Waals surface area contributed by atoms with Crippen LogP contribution in [0.1, 0.15) is 37.6 Å². The Bertz CT molecular complexity index is 1190. The van der Waals surface area contributed by atoms with Gasteiger partial charge in [-0.1, -0.05) is 37.6 Å². The highest BCUT2D eigenvalue weighted by Gasteiger charge is 2.13. The van der Waals surface area contributed by atoms with Crippen molar-refractivity contribution in [1.29, 1.82) is 0 Å². The fourth-order valence-corrected chi connectivity index (χ4v) is 3.90. The summed E-state index contributed by atoms with van der Waals surface area (Å²) in [4.78, 5) is 22.7. The lowest BCUT2D eigenvalue weighted by atomic mass is 10.1. The van der Waals surface area contributed by atoms with Crippen LogP contribution >= 0.6 is 0 Å². The SMILES string of the molecule is CCCCN(CCCc1nc2c([nH]1)c(=O)oc1ccccc12)Cc1ccc(OC)cc1. The van der Waals surface area contributed by atoms with Crippen LogP contribution in [0.15, 0.2) is 57.7 Å². The standard InChI is InChI=1S/C25H29N3O3/c1-3-4-15-28(17-18-11-13-19(30-2)14-12-18)16-7-10-22-26-23-20-8-5-6-9-21(20)31-25(29)24(23)27-22/h5-6,8-9,11-14H,3-4,7,10,15-17H2,1-2H3,(H,26,27). The Morgan fingerprint density at radius 1 is 1.06 bits per heavy atom. The predicted molar refractivity (Wildman–Crippen MR) is 124 cm³/mol. The van der Waals surface area contributed by atoms with Crippen LogP contribution in [0.2, 0.25) is 0 Å². The Balaban J connectivity index is 1.43. The minimum Gasteiger partial charge on any atom is -0.497 e. The first-order valence-corrected chi connectivity index (χ1v) is 10.9. The number of benzene rings is 2. The molecule has 0 saturated heterocycles. The minimum atomic E-state index is -0.364. The number of nitrogens with one attached hydrogen (secondary N) is 1. The van der Waals surface area contributed by atoms with Crippen molar-refractivity contribution >= 4 is 22.0 Å². The summed E-state index contributed by atoms with van der Waals surface area (Å²) in [6.07, 6.45) is 4.09. The number of H-pyrrole nitrogens is 1. The number of unbranched alkanes of at least 4 members (excludes halogenated alkanes) is 1. The molecular weight excluding hydrogens is 390 g/mol. The molecule has 0 aliphatic carbocycles. The van der Waals surface area contributed by atoms with E-state index >= 15 is 0 Å². The van der Waals surface area contributed by atoms with Gasteiger partial charge < -0.3 is 14.1 Å². The summed E-state index contributed by atoms with van der Waals surface area (Å²) in [6.45, 7) is 5.17. The first-order valence-electron chi connectivity index (χ1n) is 10.9. The van der Waals surface area contributed by atoms with Gasteiger partial charge in [-0.15, -0.1) is 0 Å². The summed E-state index contributed by atoms with van der Waals surface area (Å²) >= 11 is 0. The Kier molecular flexibility index (Phi) is 6.67. The van der Waals surface area contributed by atoms with Crippen LogP contribution in [0, 0.1) is 0 Å². The summed E-state index contributed by atoms with van der Waals surface area (Å²) in [6, 6.07) is 15.8. The summed E-state index contributed by atoms with van der Waals surface area (Å²) in [5.74, 6) is 1.71. The molecule has 2 heterocycles. The van der Waals surface area contributed by atoms with Crippen molar-refractivity contribution in [2.45, 2.75) is 39.2 Å². The molecule has 0 unspecified atom stereocenters. The zero-order valence-corrected chi connectivity index (χ0v) is 18.2. The van der Waals surface area contributed by atoms with Gasteiger partial charge in [-0.25, -0.2) is 9.78 Å². The van der Waals surface area contributed by atoms with Gasteiger partial charge >= 0.3 is 5.63 Å². The second-order valence-corrected chi connectivity index (χ2v) is 7.87. The number of aryl methyl sites for hydroxylation is 1. The molecule has 31 heavy (non-hydrogen) atoms. The van der Waals surface area contributed by atoms with E-state index < -0.39 is 0 Å². The predicted octanol–water partition coefficient (Wildman–Crippen LogP) is 4.91. The van der Waals surface area contributed by atoms with Gasteiger partial charge in [0.1, 0.15) is 22.7 Å². The Morgan fingerprint density at radius 2 is 1.84 bits per heavy atom. The van der Waals surface area contributed by atoms with Crippen LogP contribution in [0.4, 0.5) is 0 Å². The van der Waals surface area contributed by atoms with Crippen LogP contribution in [0.25, 0.3) is 22.0 Å². The van der Waals surface area contributed by atoms with Gasteiger partial charge in [-0.05, 0) is 55.8 Å². The van der Waals surface area contributed by atoms with E-state index in [9.17, 15) is 4.79 Å². The summed E-state index contributed by atoms with van der Waals surface area (Å²) < 4.78 is 10.7. The molecule has 0 aliphatic rings. The number of nitrogens with zero attached hydrogens (tertiary/aromatic N) is 2. The van der Waals surface area contributed by atoms with Gasteiger partial charge in [-0.2, -0.15) is 0 Å². The van der Waals surface area contributed by atoms with E-state index in [2.05, 4.69) is 28.9 Å². The molecule has 162 valence electrons. The average Bonchev–Trinajstić information content (AvgIpc) is 3.23. The molecule has 2 aromatic carbocycles. The van der Waals surface area contributed by atoms with Crippen LogP contribution in [0.5, 0.6) is 5.75 Å². The lowest BCUT2D eigenvalue weighted by Gasteiger charge is -2.22. The molecule has 0 spiro atoms. The van der Waals surface area contributed by atoms with Crippen molar-refractivity contribution in [3.8, 4) is 5.75 Å². The fraction of sp³-hybridized carbons (Fsp3) is 0.360. The summed E-state index contributed by atoms with van der Waals surface area (Å²) in [7, 11) is 1.69. The van der Waals surface area contributed by atoms with E-state index in [-0.39, 0.29) is 5.63 Å². The van der Waals surface area contributed by atoms with E-state index in [1.54, 1.807) is 13.2 Å². The van der Waals surface area contributed by atoms with E-state index in [0.717, 1.165) is 49.4 Å². The number of hydrogen-bond acceptors (Lipinski definition) is 5. The minimum absolute atomic E-state index is 0.364. The molecule has 2 aromatic heterocycles. The van der Waals surface area contributed by atoms with Crippen molar-refractivity contribution in [3.63, 3.8) is 0 Å². The van der Waals surface area contributed by atoms with E-state index in [1.807, 2.05) is 30.3 Å². The Labute approximate surface area is 181 Å². The van der Waals surface area contributed by atoms with E-state index in [4.69, 9.17) is 14.1 Å². The summed E-state index contributed by atoms with van der Waals surface area (Å²) in [5.41, 5.74) is 2.64. The average molecular weight is 420 g/mol. The molecule has 0 fully saturated rings. The van der Waals surface area contributed by atoms with Crippen molar-refractivity contribution in [2.75, 3.05) is 20.2 Å². The molecule has 0 amide bonds. The lowest BCUT2D eigenvalue weighted by Crippen LogP contribution is -2.26. The summed E-state index contributed by atoms with van der Waals surface area (Å²) in [5, 5.41) is 0.865. The molecule has 6 nitrogen and oxygen atoms in total. The molecule has 0 radical (unpaired) electrons. The maximum Gasteiger partial charge on any atom is 0.362 e. The number of para-hydroxylation sites is 1. The number of hydrogen-bond donors (Lipinski definition) is 1. The molecule has 0 saturated carbocycles. The van der Waals surface area contributed by atoms with Crippen molar-refractivity contribution in [1.82, 2.24) is 14.9 Å². The zero-order chi connectivity index (χ0) is 21.6. The topological polar surface area (TPSA) is 71.4 Å². The second kappa shape index (κ2) is 9.79. The highest BCUT2D eigenvalue weighted by atomic mass is 16.5. The molecule has 6 heteroatoms. The van der Waals surface area contributed by atoms with Gasteiger partial charge in [0.25, 0.3) is 0 Å². The van der Waals surface area contributed by atoms with Crippen molar-refractivity contribution in [2.24, 2.45) is 0 Å². The molecule has 4 aromatic rings. The van der Waals surface area contributed by atoms with Crippen LogP contribution in [-0.4, -0.2) is 35.1 Å². The quantitative estimate of drug-likeness (QED) is 0.370. The zero-order valence-electron chi connectivity index (χ0n) is 18.2. The smallest absolute Gasteiger partial charge is 0.362 e. The van der Waals surface area contributed by atoms with Crippen LogP contribution in [0.3, 0.4) is 0 Å². The third-order valence-electron chi connectivity index (χ3n) is 5.58.